The summed E-state index contributed by atoms with van der Waals surface area (Å²) in [5.74, 6) is 0.623. The van der Waals surface area contributed by atoms with Gasteiger partial charge in [-0.25, -0.2) is 0 Å². The second kappa shape index (κ2) is 2.77. The first-order chi connectivity index (χ1) is 5.77. The quantitative estimate of drug-likeness (QED) is 0.674. The van der Waals surface area contributed by atoms with Crippen LogP contribution in [0.4, 0.5) is 0 Å². The molecule has 0 amide bonds. The lowest BCUT2D eigenvalue weighted by Gasteiger charge is -2.25. The lowest BCUT2D eigenvalue weighted by Crippen LogP contribution is -2.17. The number of rotatable bonds is 1. The molecule has 1 aromatic rings. The largest absolute Gasteiger partial charge is 0.326 e. The van der Waals surface area contributed by atoms with Crippen molar-refractivity contribution in [1.82, 2.24) is 4.98 Å². The maximum absolute atomic E-state index is 11.2. The number of aromatic amines is 1. The zero-order valence-electron chi connectivity index (χ0n) is 7.26. The van der Waals surface area contributed by atoms with Crippen LogP contribution >= 0.6 is 0 Å². The Kier molecular flexibility index (Phi) is 1.75. The Hall–Kier alpha value is -1.05. The van der Waals surface area contributed by atoms with Gasteiger partial charge < -0.3 is 4.98 Å². The molecule has 0 bridgehead atoms. The van der Waals surface area contributed by atoms with Crippen molar-refractivity contribution in [2.75, 3.05) is 0 Å². The van der Waals surface area contributed by atoms with Gasteiger partial charge in [-0.3, -0.25) is 4.79 Å². The number of hydrogen-bond donors (Lipinski definition) is 1. The molecule has 1 aliphatic rings. The molecule has 0 atom stereocenters. The van der Waals surface area contributed by atoms with Crippen LogP contribution in [0.1, 0.15) is 36.4 Å². The second-order valence-corrected chi connectivity index (χ2v) is 3.55. The van der Waals surface area contributed by atoms with Crippen LogP contribution < -0.4 is 5.56 Å². The molecule has 0 saturated heterocycles. The fraction of sp³-hybridized carbons (Fsp3) is 0.500. The minimum absolute atomic E-state index is 0.0689. The number of pyridine rings is 1. The summed E-state index contributed by atoms with van der Waals surface area (Å²) in [5.41, 5.74) is 1.99. The smallest absolute Gasteiger partial charge is 0.251 e. The van der Waals surface area contributed by atoms with Gasteiger partial charge >= 0.3 is 0 Å². The Morgan fingerprint density at radius 3 is 2.67 bits per heavy atom. The predicted molar refractivity (Wildman–Crippen MR) is 48.4 cm³/mol. The van der Waals surface area contributed by atoms with E-state index in [9.17, 15) is 4.79 Å². The lowest BCUT2D eigenvalue weighted by molar-refractivity contribution is 0.410. The van der Waals surface area contributed by atoms with Crippen molar-refractivity contribution in [3.05, 3.63) is 33.7 Å². The Morgan fingerprint density at radius 2 is 2.17 bits per heavy atom. The minimum atomic E-state index is 0.0689. The summed E-state index contributed by atoms with van der Waals surface area (Å²) in [5, 5.41) is 0. The number of aryl methyl sites for hydroxylation is 1. The maximum atomic E-state index is 11.2. The van der Waals surface area contributed by atoms with Crippen molar-refractivity contribution >= 4 is 0 Å². The third-order valence-corrected chi connectivity index (χ3v) is 2.67. The van der Waals surface area contributed by atoms with Gasteiger partial charge in [-0.05, 0) is 31.7 Å². The third kappa shape index (κ3) is 1.17. The van der Waals surface area contributed by atoms with Crippen LogP contribution in [-0.4, -0.2) is 4.98 Å². The van der Waals surface area contributed by atoms with Gasteiger partial charge in [0.2, 0.25) is 0 Å². The second-order valence-electron chi connectivity index (χ2n) is 3.55. The average molecular weight is 163 g/mol. The zero-order chi connectivity index (χ0) is 8.55. The molecule has 1 aromatic heterocycles. The van der Waals surface area contributed by atoms with Crippen molar-refractivity contribution in [3.63, 3.8) is 0 Å². The van der Waals surface area contributed by atoms with E-state index in [1.165, 1.54) is 19.3 Å². The molecule has 2 rings (SSSR count). The Labute approximate surface area is 71.6 Å². The fourth-order valence-corrected chi connectivity index (χ4v) is 1.52. The van der Waals surface area contributed by atoms with Gasteiger partial charge in [0.1, 0.15) is 0 Å². The summed E-state index contributed by atoms with van der Waals surface area (Å²) in [6.07, 6.45) is 3.78. The Balaban J connectivity index is 2.33. The topological polar surface area (TPSA) is 32.9 Å². The van der Waals surface area contributed by atoms with Crippen LogP contribution in [0.5, 0.6) is 0 Å². The van der Waals surface area contributed by atoms with E-state index < -0.39 is 0 Å². The van der Waals surface area contributed by atoms with Crippen molar-refractivity contribution < 1.29 is 0 Å². The average Bonchev–Trinajstić information content (AvgIpc) is 1.93. The number of nitrogens with one attached hydrogen (secondary N) is 1. The van der Waals surface area contributed by atoms with Gasteiger partial charge in [-0.1, -0.05) is 12.5 Å². The van der Waals surface area contributed by atoms with Crippen LogP contribution in [0.25, 0.3) is 0 Å². The van der Waals surface area contributed by atoms with E-state index in [0.29, 0.717) is 5.92 Å². The normalized spacial score (nSPS) is 17.4. The number of aromatic nitrogens is 1. The first kappa shape index (κ1) is 7.59. The predicted octanol–water partition coefficient (Wildman–Crippen LogP) is 1.95. The molecule has 0 radical (unpaired) electrons. The highest BCUT2D eigenvalue weighted by molar-refractivity contribution is 5.17. The molecular formula is C10H13NO. The molecule has 64 valence electrons. The van der Waals surface area contributed by atoms with Crippen molar-refractivity contribution in [3.8, 4) is 0 Å². The van der Waals surface area contributed by atoms with Gasteiger partial charge in [-0.2, -0.15) is 0 Å². The molecule has 1 N–H and O–H groups in total. The van der Waals surface area contributed by atoms with Gasteiger partial charge in [0.05, 0.1) is 0 Å². The fourth-order valence-electron chi connectivity index (χ4n) is 1.52. The van der Waals surface area contributed by atoms with E-state index in [-0.39, 0.29) is 5.56 Å². The summed E-state index contributed by atoms with van der Waals surface area (Å²) in [6.45, 7) is 1.84. The first-order valence-electron chi connectivity index (χ1n) is 4.47. The van der Waals surface area contributed by atoms with E-state index in [1.807, 2.05) is 19.1 Å². The first-order valence-corrected chi connectivity index (χ1v) is 4.47. The molecule has 1 heterocycles. The summed E-state index contributed by atoms with van der Waals surface area (Å²) < 4.78 is 0. The lowest BCUT2D eigenvalue weighted by atomic mass is 9.82. The summed E-state index contributed by atoms with van der Waals surface area (Å²) in [4.78, 5) is 14.2. The van der Waals surface area contributed by atoms with Crippen molar-refractivity contribution in [2.24, 2.45) is 0 Å². The highest BCUT2D eigenvalue weighted by Gasteiger charge is 2.19. The molecule has 12 heavy (non-hydrogen) atoms. The van der Waals surface area contributed by atoms with Crippen LogP contribution in [0.2, 0.25) is 0 Å². The van der Waals surface area contributed by atoms with E-state index in [1.54, 1.807) is 0 Å². The molecule has 0 unspecified atom stereocenters. The minimum Gasteiger partial charge on any atom is -0.326 e. The van der Waals surface area contributed by atoms with Crippen molar-refractivity contribution in [2.45, 2.75) is 32.1 Å². The van der Waals surface area contributed by atoms with E-state index in [0.717, 1.165) is 11.3 Å². The highest BCUT2D eigenvalue weighted by Crippen LogP contribution is 2.34. The van der Waals surface area contributed by atoms with Gasteiger partial charge in [0, 0.05) is 11.3 Å². The van der Waals surface area contributed by atoms with Crippen LogP contribution in [-0.2, 0) is 0 Å². The van der Waals surface area contributed by atoms with Crippen molar-refractivity contribution in [1.29, 1.82) is 0 Å². The molecule has 1 aliphatic carbocycles. The maximum Gasteiger partial charge on any atom is 0.251 e. The molecular weight excluding hydrogens is 150 g/mol. The van der Waals surface area contributed by atoms with Gasteiger partial charge in [0.25, 0.3) is 5.56 Å². The van der Waals surface area contributed by atoms with E-state index >= 15 is 0 Å². The standard InChI is InChI=1S/C10H13NO/c1-7-5-6-9(11-10(7)12)8-3-2-4-8/h5-6,8H,2-4H2,1H3,(H,11,12). The molecule has 0 spiro atoms. The van der Waals surface area contributed by atoms with E-state index in [4.69, 9.17) is 0 Å². The third-order valence-electron chi connectivity index (χ3n) is 2.67. The molecule has 1 saturated carbocycles. The number of H-pyrrole nitrogens is 1. The monoisotopic (exact) mass is 163 g/mol. The molecule has 2 nitrogen and oxygen atoms in total. The van der Waals surface area contributed by atoms with Crippen LogP contribution in [0.3, 0.4) is 0 Å². The summed E-state index contributed by atoms with van der Waals surface area (Å²) in [7, 11) is 0. The summed E-state index contributed by atoms with van der Waals surface area (Å²) in [6, 6.07) is 3.95. The summed E-state index contributed by atoms with van der Waals surface area (Å²) >= 11 is 0. The SMILES string of the molecule is Cc1ccc(C2CCC2)[nH]c1=O. The van der Waals surface area contributed by atoms with Crippen LogP contribution in [0.15, 0.2) is 16.9 Å². The zero-order valence-corrected chi connectivity index (χ0v) is 7.26. The van der Waals surface area contributed by atoms with Gasteiger partial charge in [0.15, 0.2) is 0 Å². The molecule has 0 aliphatic heterocycles. The molecule has 1 fully saturated rings. The molecule has 2 heteroatoms. The van der Waals surface area contributed by atoms with Gasteiger partial charge in [-0.15, -0.1) is 0 Å². The van der Waals surface area contributed by atoms with Crippen LogP contribution in [0, 0.1) is 6.92 Å². The Bertz CT molecular complexity index is 336. The Morgan fingerprint density at radius 1 is 1.42 bits per heavy atom. The number of hydrogen-bond acceptors (Lipinski definition) is 1. The van der Waals surface area contributed by atoms with E-state index in [2.05, 4.69) is 4.98 Å². The highest BCUT2D eigenvalue weighted by atomic mass is 16.1. The molecule has 0 aromatic carbocycles.